The first-order valence-electron chi connectivity index (χ1n) is 3.88. The molecule has 1 rings (SSSR count). The molecule has 1 aromatic carbocycles. The van der Waals surface area contributed by atoms with Crippen LogP contribution in [0.5, 0.6) is 5.75 Å². The van der Waals surface area contributed by atoms with Crippen LogP contribution in [0.3, 0.4) is 0 Å². The minimum absolute atomic E-state index is 0.322. The Bertz CT molecular complexity index is 222. The van der Waals surface area contributed by atoms with Crippen molar-refractivity contribution in [2.24, 2.45) is 5.73 Å². The van der Waals surface area contributed by atoms with Gasteiger partial charge in [0.15, 0.2) is 0 Å². The molecule has 0 aromatic heterocycles. The summed E-state index contributed by atoms with van der Waals surface area (Å²) in [7, 11) is 0. The lowest BCUT2D eigenvalue weighted by Crippen LogP contribution is -2.01. The Labute approximate surface area is 76.8 Å². The number of aromatic hydroxyl groups is 1. The van der Waals surface area contributed by atoms with E-state index in [0.29, 0.717) is 5.75 Å². The summed E-state index contributed by atoms with van der Waals surface area (Å²) in [6.45, 7) is 0.725. The van der Waals surface area contributed by atoms with E-state index in [-0.39, 0.29) is 0 Å². The van der Waals surface area contributed by atoms with Crippen LogP contribution in [-0.2, 0) is 5.75 Å². The topological polar surface area (TPSA) is 46.2 Å². The molecule has 0 aliphatic carbocycles. The zero-order valence-corrected chi connectivity index (χ0v) is 7.68. The summed E-state index contributed by atoms with van der Waals surface area (Å²) in [6.07, 6.45) is 0. The molecule has 0 radical (unpaired) electrons. The van der Waals surface area contributed by atoms with Crippen LogP contribution in [0.1, 0.15) is 5.56 Å². The molecule has 0 saturated heterocycles. The molecule has 66 valence electrons. The van der Waals surface area contributed by atoms with Gasteiger partial charge in [0.2, 0.25) is 0 Å². The van der Waals surface area contributed by atoms with E-state index in [0.717, 1.165) is 18.1 Å². The number of nitrogens with two attached hydrogens (primary N) is 1. The second-order valence-electron chi connectivity index (χ2n) is 2.51. The molecule has 0 heterocycles. The van der Waals surface area contributed by atoms with Gasteiger partial charge in [-0.25, -0.2) is 0 Å². The zero-order chi connectivity index (χ0) is 8.81. The van der Waals surface area contributed by atoms with Crippen molar-refractivity contribution in [3.05, 3.63) is 29.8 Å². The zero-order valence-electron chi connectivity index (χ0n) is 6.86. The molecule has 0 amide bonds. The maximum absolute atomic E-state index is 9.00. The highest BCUT2D eigenvalue weighted by molar-refractivity contribution is 7.98. The van der Waals surface area contributed by atoms with E-state index >= 15 is 0 Å². The molecule has 0 unspecified atom stereocenters. The fourth-order valence-corrected chi connectivity index (χ4v) is 1.60. The van der Waals surface area contributed by atoms with Crippen molar-refractivity contribution in [1.29, 1.82) is 0 Å². The maximum Gasteiger partial charge on any atom is 0.115 e. The van der Waals surface area contributed by atoms with Crippen molar-refractivity contribution in [2.75, 3.05) is 12.3 Å². The monoisotopic (exact) mass is 183 g/mol. The average Bonchev–Trinajstić information content (AvgIpc) is 2.09. The molecule has 0 fully saturated rings. The molecule has 3 N–H and O–H groups in total. The minimum atomic E-state index is 0.322. The van der Waals surface area contributed by atoms with E-state index in [1.165, 1.54) is 5.56 Å². The molecule has 0 saturated carbocycles. The number of hydrogen-bond acceptors (Lipinski definition) is 3. The van der Waals surface area contributed by atoms with Gasteiger partial charge in [-0.05, 0) is 17.7 Å². The number of phenols is 1. The first kappa shape index (κ1) is 9.42. The van der Waals surface area contributed by atoms with Gasteiger partial charge >= 0.3 is 0 Å². The second-order valence-corrected chi connectivity index (χ2v) is 3.61. The molecular weight excluding hydrogens is 170 g/mol. The summed E-state index contributed by atoms with van der Waals surface area (Å²) in [4.78, 5) is 0. The van der Waals surface area contributed by atoms with Gasteiger partial charge in [-0.1, -0.05) is 12.1 Å². The highest BCUT2D eigenvalue weighted by atomic mass is 32.2. The number of phenolic OH excluding ortho intramolecular Hbond substituents is 1. The van der Waals surface area contributed by atoms with Crippen molar-refractivity contribution in [2.45, 2.75) is 5.75 Å². The van der Waals surface area contributed by atoms with E-state index in [1.54, 1.807) is 23.9 Å². The Balaban J connectivity index is 2.37. The predicted octanol–water partition coefficient (Wildman–Crippen LogP) is 1.58. The predicted molar refractivity (Wildman–Crippen MR) is 53.3 cm³/mol. The molecule has 0 atom stereocenters. The van der Waals surface area contributed by atoms with Crippen molar-refractivity contribution in [1.82, 2.24) is 0 Å². The fourth-order valence-electron chi connectivity index (χ4n) is 0.866. The number of benzene rings is 1. The molecular formula is C9H13NOS. The normalized spacial score (nSPS) is 10.1. The molecule has 0 aliphatic heterocycles. The second kappa shape index (κ2) is 5.06. The smallest absolute Gasteiger partial charge is 0.115 e. The van der Waals surface area contributed by atoms with Crippen molar-refractivity contribution in [3.8, 4) is 5.75 Å². The third kappa shape index (κ3) is 3.15. The maximum atomic E-state index is 9.00. The van der Waals surface area contributed by atoms with Crippen LogP contribution in [0.25, 0.3) is 0 Å². The summed E-state index contributed by atoms with van der Waals surface area (Å²) < 4.78 is 0. The summed E-state index contributed by atoms with van der Waals surface area (Å²) in [5.41, 5.74) is 6.58. The van der Waals surface area contributed by atoms with Crippen molar-refractivity contribution >= 4 is 11.8 Å². The fraction of sp³-hybridized carbons (Fsp3) is 0.333. The van der Waals surface area contributed by atoms with E-state index in [9.17, 15) is 0 Å². The van der Waals surface area contributed by atoms with E-state index in [1.807, 2.05) is 12.1 Å². The Hall–Kier alpha value is -0.670. The van der Waals surface area contributed by atoms with Crippen molar-refractivity contribution < 1.29 is 5.11 Å². The lowest BCUT2D eigenvalue weighted by molar-refractivity contribution is 0.475. The van der Waals surface area contributed by atoms with Gasteiger partial charge in [0.25, 0.3) is 0 Å². The summed E-state index contributed by atoms with van der Waals surface area (Å²) in [5.74, 6) is 2.28. The van der Waals surface area contributed by atoms with Crippen LogP contribution >= 0.6 is 11.8 Å². The molecule has 0 spiro atoms. The highest BCUT2D eigenvalue weighted by Gasteiger charge is 1.92. The van der Waals surface area contributed by atoms with Gasteiger partial charge in [-0.15, -0.1) is 0 Å². The first-order valence-corrected chi connectivity index (χ1v) is 5.04. The van der Waals surface area contributed by atoms with Gasteiger partial charge in [0, 0.05) is 18.1 Å². The quantitative estimate of drug-likeness (QED) is 0.697. The Morgan fingerprint density at radius 1 is 1.25 bits per heavy atom. The Morgan fingerprint density at radius 3 is 2.50 bits per heavy atom. The van der Waals surface area contributed by atoms with Crippen LogP contribution in [0.4, 0.5) is 0 Å². The summed E-state index contributed by atoms with van der Waals surface area (Å²) >= 11 is 1.81. The van der Waals surface area contributed by atoms with Gasteiger partial charge in [-0.2, -0.15) is 11.8 Å². The minimum Gasteiger partial charge on any atom is -0.508 e. The number of hydrogen-bond donors (Lipinski definition) is 2. The largest absolute Gasteiger partial charge is 0.508 e. The van der Waals surface area contributed by atoms with Gasteiger partial charge in [0.1, 0.15) is 5.75 Å². The summed E-state index contributed by atoms with van der Waals surface area (Å²) in [5, 5.41) is 9.00. The molecule has 0 aliphatic rings. The third-order valence-electron chi connectivity index (χ3n) is 1.47. The van der Waals surface area contributed by atoms with Gasteiger partial charge < -0.3 is 10.8 Å². The molecule has 12 heavy (non-hydrogen) atoms. The van der Waals surface area contributed by atoms with Gasteiger partial charge in [0.05, 0.1) is 0 Å². The van der Waals surface area contributed by atoms with E-state index in [4.69, 9.17) is 10.8 Å². The number of thioether (sulfide) groups is 1. The Morgan fingerprint density at radius 2 is 1.92 bits per heavy atom. The summed E-state index contributed by atoms with van der Waals surface area (Å²) in [6, 6.07) is 7.27. The van der Waals surface area contributed by atoms with Crippen LogP contribution < -0.4 is 5.73 Å². The Kier molecular flexibility index (Phi) is 3.97. The van der Waals surface area contributed by atoms with E-state index < -0.39 is 0 Å². The van der Waals surface area contributed by atoms with E-state index in [2.05, 4.69) is 0 Å². The first-order chi connectivity index (χ1) is 5.83. The third-order valence-corrected chi connectivity index (χ3v) is 2.53. The van der Waals surface area contributed by atoms with Crippen LogP contribution in [-0.4, -0.2) is 17.4 Å². The lowest BCUT2D eigenvalue weighted by atomic mass is 10.2. The molecule has 1 aromatic rings. The highest BCUT2D eigenvalue weighted by Crippen LogP contribution is 2.14. The molecule has 0 bridgehead atoms. The SMILES string of the molecule is NCCSCc1ccc(O)cc1. The number of rotatable bonds is 4. The van der Waals surface area contributed by atoms with Crippen LogP contribution in [0.15, 0.2) is 24.3 Å². The van der Waals surface area contributed by atoms with Gasteiger partial charge in [-0.3, -0.25) is 0 Å². The lowest BCUT2D eigenvalue weighted by Gasteiger charge is -1.99. The van der Waals surface area contributed by atoms with Crippen LogP contribution in [0, 0.1) is 0 Å². The molecule has 3 heteroatoms. The standard InChI is InChI=1S/C9H13NOS/c10-5-6-12-7-8-1-3-9(11)4-2-8/h1-4,11H,5-7,10H2. The molecule has 2 nitrogen and oxygen atoms in total. The average molecular weight is 183 g/mol. The van der Waals surface area contributed by atoms with Crippen LogP contribution in [0.2, 0.25) is 0 Å². The van der Waals surface area contributed by atoms with Crippen molar-refractivity contribution in [3.63, 3.8) is 0 Å².